The Labute approximate surface area is 193 Å². The molecule has 1 aromatic rings. The third-order valence-corrected chi connectivity index (χ3v) is 5.22. The van der Waals surface area contributed by atoms with Crippen LogP contribution in [0, 0.1) is 12.8 Å². The lowest BCUT2D eigenvalue weighted by Gasteiger charge is -2.28. The van der Waals surface area contributed by atoms with Gasteiger partial charge in [-0.3, -0.25) is 9.79 Å². The van der Waals surface area contributed by atoms with Crippen LogP contribution >= 0.6 is 0 Å². The molecule has 1 amide bonds. The normalized spacial score (nSPS) is 13.1. The first-order valence-electron chi connectivity index (χ1n) is 11.5. The average molecular weight is 450 g/mol. The van der Waals surface area contributed by atoms with Crippen LogP contribution in [0.4, 0.5) is 4.79 Å². The minimum absolute atomic E-state index is 0.0119. The molecule has 182 valence electrons. The Hall–Kier alpha value is -2.51. The highest BCUT2D eigenvalue weighted by molar-refractivity contribution is 5.79. The molecule has 0 aromatic carbocycles. The number of nitrogens with one attached hydrogen (secondary N) is 2. The second kappa shape index (κ2) is 13.1. The van der Waals surface area contributed by atoms with E-state index in [2.05, 4.69) is 34.4 Å². The van der Waals surface area contributed by atoms with E-state index in [-0.39, 0.29) is 23.6 Å². The van der Waals surface area contributed by atoms with Gasteiger partial charge in [0.1, 0.15) is 5.60 Å². The maximum atomic E-state index is 12.2. The van der Waals surface area contributed by atoms with Crippen molar-refractivity contribution in [1.29, 1.82) is 0 Å². The molecule has 1 heterocycles. The highest BCUT2D eigenvalue weighted by atomic mass is 16.6. The number of nitrogens with zero attached hydrogens (tertiary/aromatic N) is 3. The Morgan fingerprint density at radius 1 is 1.25 bits per heavy atom. The van der Waals surface area contributed by atoms with Crippen molar-refractivity contribution >= 4 is 12.1 Å². The number of alkyl carbamates (subject to hydrolysis) is 1. The topological polar surface area (TPSA) is 88.0 Å². The number of rotatable bonds is 10. The number of aryl methyl sites for hydroxylation is 1. The van der Waals surface area contributed by atoms with Gasteiger partial charge in [-0.1, -0.05) is 19.9 Å². The lowest BCUT2D eigenvalue weighted by Crippen LogP contribution is -2.45. The molecule has 32 heavy (non-hydrogen) atoms. The van der Waals surface area contributed by atoms with Crippen molar-refractivity contribution in [3.63, 3.8) is 0 Å². The number of hydrogen-bond donors (Lipinski definition) is 2. The van der Waals surface area contributed by atoms with E-state index in [1.807, 2.05) is 45.4 Å². The zero-order valence-electron chi connectivity index (χ0n) is 21.2. The van der Waals surface area contributed by atoms with Crippen LogP contribution in [-0.4, -0.2) is 60.3 Å². The quantitative estimate of drug-likeness (QED) is 0.325. The molecule has 0 fully saturated rings. The minimum Gasteiger partial charge on any atom is -0.444 e. The number of amides is 1. The molecule has 8 nitrogen and oxygen atoms in total. The molecule has 0 saturated heterocycles. The summed E-state index contributed by atoms with van der Waals surface area (Å²) in [4.78, 5) is 30.5. The first kappa shape index (κ1) is 27.5. The number of unbranched alkanes of at least 4 members (excludes halogenated alkanes) is 1. The number of aliphatic imine (C=N–C) groups is 1. The molecule has 0 bridgehead atoms. The minimum atomic E-state index is -0.513. The highest BCUT2D eigenvalue weighted by Crippen LogP contribution is 2.11. The summed E-state index contributed by atoms with van der Waals surface area (Å²) in [5.41, 5.74) is 0.523. The summed E-state index contributed by atoms with van der Waals surface area (Å²) < 4.78 is 7.21. The smallest absolute Gasteiger partial charge is 0.407 e. The Bertz CT molecular complexity index is 796. The molecule has 1 aromatic heterocycles. The zero-order chi connectivity index (χ0) is 24.3. The number of pyridine rings is 1. The van der Waals surface area contributed by atoms with Gasteiger partial charge < -0.3 is 24.8 Å². The van der Waals surface area contributed by atoms with Crippen LogP contribution in [0.1, 0.15) is 59.6 Å². The SMILES string of the molecule is CN=C(NCCCCn1c(C)cccc1=O)N(C)CCC(NC(=O)OC(C)(C)C)C(C)C. The number of carbonyl (C=O) groups is 1. The van der Waals surface area contributed by atoms with E-state index < -0.39 is 5.60 Å². The number of aromatic nitrogens is 1. The van der Waals surface area contributed by atoms with Crippen molar-refractivity contribution in [2.24, 2.45) is 10.9 Å². The van der Waals surface area contributed by atoms with Gasteiger partial charge >= 0.3 is 6.09 Å². The Morgan fingerprint density at radius 3 is 2.50 bits per heavy atom. The molecular formula is C24H43N5O3. The van der Waals surface area contributed by atoms with Crippen LogP contribution in [-0.2, 0) is 11.3 Å². The largest absolute Gasteiger partial charge is 0.444 e. The maximum Gasteiger partial charge on any atom is 0.407 e. The molecule has 0 aliphatic rings. The molecule has 1 unspecified atom stereocenters. The molecule has 8 heteroatoms. The van der Waals surface area contributed by atoms with E-state index in [0.717, 1.165) is 44.0 Å². The van der Waals surface area contributed by atoms with Gasteiger partial charge in [0.05, 0.1) is 0 Å². The Balaban J connectivity index is 2.44. The molecule has 0 aliphatic carbocycles. The molecule has 1 atom stereocenters. The molecule has 0 spiro atoms. The summed E-state index contributed by atoms with van der Waals surface area (Å²) in [5, 5.41) is 6.38. The van der Waals surface area contributed by atoms with Gasteiger partial charge in [0, 0.05) is 51.5 Å². The highest BCUT2D eigenvalue weighted by Gasteiger charge is 2.22. The van der Waals surface area contributed by atoms with E-state index in [1.165, 1.54) is 0 Å². The Kier molecular flexibility index (Phi) is 11.3. The van der Waals surface area contributed by atoms with Gasteiger partial charge in [-0.25, -0.2) is 4.79 Å². The maximum absolute atomic E-state index is 12.2. The molecule has 0 aliphatic heterocycles. The summed E-state index contributed by atoms with van der Waals surface area (Å²) in [6.07, 6.45) is 2.25. The number of hydrogen-bond acceptors (Lipinski definition) is 4. The fraction of sp³-hybridized carbons (Fsp3) is 0.708. The van der Waals surface area contributed by atoms with Crippen LogP contribution in [0.15, 0.2) is 28.0 Å². The van der Waals surface area contributed by atoms with E-state index in [1.54, 1.807) is 19.2 Å². The van der Waals surface area contributed by atoms with Crippen molar-refractivity contribution < 1.29 is 9.53 Å². The van der Waals surface area contributed by atoms with Crippen LogP contribution in [0.25, 0.3) is 0 Å². The van der Waals surface area contributed by atoms with Crippen molar-refractivity contribution in [1.82, 2.24) is 20.1 Å². The fourth-order valence-corrected chi connectivity index (χ4v) is 3.36. The summed E-state index contributed by atoms with van der Waals surface area (Å²) in [6.45, 7) is 14.0. The van der Waals surface area contributed by atoms with Gasteiger partial charge in [0.15, 0.2) is 5.96 Å². The second-order valence-corrected chi connectivity index (χ2v) is 9.55. The summed E-state index contributed by atoms with van der Waals surface area (Å²) in [6, 6.07) is 5.36. The number of guanidine groups is 1. The number of carbonyl (C=O) groups excluding carboxylic acids is 1. The fourth-order valence-electron chi connectivity index (χ4n) is 3.36. The van der Waals surface area contributed by atoms with Gasteiger partial charge in [-0.2, -0.15) is 0 Å². The van der Waals surface area contributed by atoms with Crippen LogP contribution in [0.2, 0.25) is 0 Å². The summed E-state index contributed by atoms with van der Waals surface area (Å²) in [5.74, 6) is 1.11. The molecule has 2 N–H and O–H groups in total. The average Bonchev–Trinajstić information content (AvgIpc) is 2.68. The first-order valence-corrected chi connectivity index (χ1v) is 11.5. The van der Waals surface area contributed by atoms with E-state index in [9.17, 15) is 9.59 Å². The molecule has 0 saturated carbocycles. The van der Waals surface area contributed by atoms with E-state index in [4.69, 9.17) is 4.74 Å². The predicted molar refractivity (Wildman–Crippen MR) is 131 cm³/mol. The lowest BCUT2D eigenvalue weighted by molar-refractivity contribution is 0.0486. The third-order valence-electron chi connectivity index (χ3n) is 5.22. The monoisotopic (exact) mass is 449 g/mol. The van der Waals surface area contributed by atoms with Gasteiger partial charge in [-0.05, 0) is 58.9 Å². The van der Waals surface area contributed by atoms with Crippen molar-refractivity contribution in [2.45, 2.75) is 79.0 Å². The molecule has 0 radical (unpaired) electrons. The second-order valence-electron chi connectivity index (χ2n) is 9.55. The van der Waals surface area contributed by atoms with Gasteiger partial charge in [0.25, 0.3) is 5.56 Å². The van der Waals surface area contributed by atoms with E-state index >= 15 is 0 Å². The first-order chi connectivity index (χ1) is 14.9. The van der Waals surface area contributed by atoms with Crippen LogP contribution in [0.3, 0.4) is 0 Å². The van der Waals surface area contributed by atoms with Crippen LogP contribution in [0.5, 0.6) is 0 Å². The summed E-state index contributed by atoms with van der Waals surface area (Å²) >= 11 is 0. The van der Waals surface area contributed by atoms with Gasteiger partial charge in [0.2, 0.25) is 0 Å². The van der Waals surface area contributed by atoms with E-state index in [0.29, 0.717) is 6.54 Å². The molecule has 1 rings (SSSR count). The standard InChI is InChI=1S/C24H43N5O3/c1-18(2)20(27-23(31)32-24(4,5)6)14-17-28(8)22(25-7)26-15-9-10-16-29-19(3)12-11-13-21(29)30/h11-13,18,20H,9-10,14-17H2,1-8H3,(H,25,26)(H,27,31). The van der Waals surface area contributed by atoms with Crippen molar-refractivity contribution in [2.75, 3.05) is 27.2 Å². The van der Waals surface area contributed by atoms with Crippen molar-refractivity contribution in [3.8, 4) is 0 Å². The Morgan fingerprint density at radius 2 is 1.94 bits per heavy atom. The van der Waals surface area contributed by atoms with Crippen molar-refractivity contribution in [3.05, 3.63) is 34.2 Å². The van der Waals surface area contributed by atoms with Crippen LogP contribution < -0.4 is 16.2 Å². The van der Waals surface area contributed by atoms with Gasteiger partial charge in [-0.15, -0.1) is 0 Å². The third kappa shape index (κ3) is 10.2. The lowest BCUT2D eigenvalue weighted by atomic mass is 10.0. The zero-order valence-corrected chi connectivity index (χ0v) is 21.2. The molecular weight excluding hydrogens is 406 g/mol. The summed E-state index contributed by atoms with van der Waals surface area (Å²) in [7, 11) is 3.76. The predicted octanol–water partition coefficient (Wildman–Crippen LogP) is 3.38. The number of ether oxygens (including phenoxy) is 1.